The molecule has 0 radical (unpaired) electrons. The molecule has 0 bridgehead atoms. The first-order chi connectivity index (χ1) is 8.81. The van der Waals surface area contributed by atoms with Crippen LogP contribution in [0.3, 0.4) is 0 Å². The molecule has 0 spiro atoms. The Morgan fingerprint density at radius 3 is 2.68 bits per heavy atom. The summed E-state index contributed by atoms with van der Waals surface area (Å²) >= 11 is 0. The number of carbonyl (C=O) groups is 1. The van der Waals surface area contributed by atoms with Crippen LogP contribution < -0.4 is 10.1 Å². The van der Waals surface area contributed by atoms with Crippen LogP contribution in [0.2, 0.25) is 0 Å². The van der Waals surface area contributed by atoms with E-state index in [0.717, 1.165) is 5.56 Å². The van der Waals surface area contributed by atoms with Gasteiger partial charge in [0.05, 0.1) is 6.61 Å². The molecule has 0 saturated carbocycles. The average Bonchev–Trinajstić information content (AvgIpc) is 2.33. The third-order valence-corrected chi connectivity index (χ3v) is 2.23. The number of aryl methyl sites for hydroxylation is 1. The van der Waals surface area contributed by atoms with Gasteiger partial charge in [-0.1, -0.05) is 17.7 Å². The zero-order valence-corrected chi connectivity index (χ0v) is 10.3. The summed E-state index contributed by atoms with van der Waals surface area (Å²) in [4.78, 5) is 11.1. The number of amides is 1. The Kier molecular flexibility index (Phi) is 5.17. The van der Waals surface area contributed by atoms with Crippen LogP contribution >= 0.6 is 0 Å². The van der Waals surface area contributed by atoms with E-state index in [1.165, 1.54) is 0 Å². The highest BCUT2D eigenvalue weighted by atomic mass is 19.4. The SMILES string of the molecule is Cc1ccc(OCC(=O)NCC(F)(F)F)c(CO)c1. The fraction of sp³-hybridized carbons (Fsp3) is 0.417. The second-order valence-corrected chi connectivity index (χ2v) is 3.95. The van der Waals surface area contributed by atoms with E-state index in [4.69, 9.17) is 9.84 Å². The maximum absolute atomic E-state index is 11.9. The summed E-state index contributed by atoms with van der Waals surface area (Å²) in [5.74, 6) is -0.600. The highest BCUT2D eigenvalue weighted by Gasteiger charge is 2.27. The van der Waals surface area contributed by atoms with Gasteiger partial charge in [-0.05, 0) is 13.0 Å². The second kappa shape index (κ2) is 6.42. The Morgan fingerprint density at radius 2 is 2.11 bits per heavy atom. The van der Waals surface area contributed by atoms with Gasteiger partial charge in [0.1, 0.15) is 12.3 Å². The monoisotopic (exact) mass is 277 g/mol. The van der Waals surface area contributed by atoms with Crippen molar-refractivity contribution in [1.82, 2.24) is 5.32 Å². The number of nitrogens with one attached hydrogen (secondary N) is 1. The van der Waals surface area contributed by atoms with Crippen LogP contribution in [-0.2, 0) is 11.4 Å². The van der Waals surface area contributed by atoms with Crippen LogP contribution in [0.1, 0.15) is 11.1 Å². The molecular weight excluding hydrogens is 263 g/mol. The van der Waals surface area contributed by atoms with Crippen molar-refractivity contribution in [2.45, 2.75) is 19.7 Å². The summed E-state index contributed by atoms with van der Waals surface area (Å²) in [5.41, 5.74) is 1.38. The number of halogens is 3. The molecule has 1 aromatic rings. The molecule has 0 heterocycles. The average molecular weight is 277 g/mol. The first-order valence-electron chi connectivity index (χ1n) is 5.48. The highest BCUT2D eigenvalue weighted by Crippen LogP contribution is 2.19. The van der Waals surface area contributed by atoms with Gasteiger partial charge >= 0.3 is 6.18 Å². The Balaban J connectivity index is 2.50. The molecule has 0 aromatic heterocycles. The van der Waals surface area contributed by atoms with E-state index in [-0.39, 0.29) is 12.4 Å². The Hall–Kier alpha value is -1.76. The number of carbonyl (C=O) groups excluding carboxylic acids is 1. The van der Waals surface area contributed by atoms with E-state index in [9.17, 15) is 18.0 Å². The lowest BCUT2D eigenvalue weighted by Crippen LogP contribution is -2.36. The molecule has 0 aliphatic heterocycles. The molecule has 1 aromatic carbocycles. The van der Waals surface area contributed by atoms with Gasteiger partial charge in [0.2, 0.25) is 0 Å². The van der Waals surface area contributed by atoms with E-state index in [1.807, 2.05) is 6.92 Å². The maximum Gasteiger partial charge on any atom is 0.405 e. The summed E-state index contributed by atoms with van der Waals surface area (Å²) in [5, 5.41) is 10.8. The summed E-state index contributed by atoms with van der Waals surface area (Å²) in [6.07, 6.45) is -4.45. The largest absolute Gasteiger partial charge is 0.483 e. The van der Waals surface area contributed by atoms with Crippen LogP contribution in [0.4, 0.5) is 13.2 Å². The van der Waals surface area contributed by atoms with Crippen molar-refractivity contribution in [2.75, 3.05) is 13.2 Å². The van der Waals surface area contributed by atoms with Crippen molar-refractivity contribution < 1.29 is 27.8 Å². The highest BCUT2D eigenvalue weighted by molar-refractivity contribution is 5.77. The minimum Gasteiger partial charge on any atom is -0.483 e. The Labute approximate surface area is 108 Å². The molecule has 0 aliphatic rings. The second-order valence-electron chi connectivity index (χ2n) is 3.95. The molecular formula is C12H14F3NO3. The van der Waals surface area contributed by atoms with Crippen molar-refractivity contribution in [3.8, 4) is 5.75 Å². The minimum atomic E-state index is -4.45. The van der Waals surface area contributed by atoms with Crippen molar-refractivity contribution in [2.24, 2.45) is 0 Å². The van der Waals surface area contributed by atoms with Crippen molar-refractivity contribution in [3.63, 3.8) is 0 Å². The molecule has 0 unspecified atom stereocenters. The number of alkyl halides is 3. The smallest absolute Gasteiger partial charge is 0.405 e. The lowest BCUT2D eigenvalue weighted by Gasteiger charge is -2.12. The van der Waals surface area contributed by atoms with Crippen molar-refractivity contribution in [1.29, 1.82) is 0 Å². The van der Waals surface area contributed by atoms with E-state index in [1.54, 1.807) is 23.5 Å². The summed E-state index contributed by atoms with van der Waals surface area (Å²) < 4.78 is 40.6. The summed E-state index contributed by atoms with van der Waals surface area (Å²) in [6, 6.07) is 4.93. The van der Waals surface area contributed by atoms with Crippen molar-refractivity contribution >= 4 is 5.91 Å². The number of benzene rings is 1. The van der Waals surface area contributed by atoms with Gasteiger partial charge in [-0.2, -0.15) is 13.2 Å². The molecule has 106 valence electrons. The van der Waals surface area contributed by atoms with Crippen LogP contribution in [0.25, 0.3) is 0 Å². The number of aliphatic hydroxyl groups excluding tert-OH is 1. The number of rotatable bonds is 5. The van der Waals surface area contributed by atoms with Gasteiger partial charge in [0, 0.05) is 5.56 Å². The van der Waals surface area contributed by atoms with E-state index in [2.05, 4.69) is 0 Å². The lowest BCUT2D eigenvalue weighted by molar-refractivity contribution is -0.139. The molecule has 0 atom stereocenters. The van der Waals surface area contributed by atoms with Crippen LogP contribution in [-0.4, -0.2) is 30.3 Å². The first-order valence-corrected chi connectivity index (χ1v) is 5.48. The quantitative estimate of drug-likeness (QED) is 0.858. The molecule has 0 saturated heterocycles. The number of hydrogen-bond acceptors (Lipinski definition) is 3. The van der Waals surface area contributed by atoms with Crippen molar-refractivity contribution in [3.05, 3.63) is 29.3 Å². The number of hydrogen-bond donors (Lipinski definition) is 2. The van der Waals surface area contributed by atoms with Crippen LogP contribution in [0.5, 0.6) is 5.75 Å². The first kappa shape index (κ1) is 15.3. The third-order valence-electron chi connectivity index (χ3n) is 2.23. The van der Waals surface area contributed by atoms with Gasteiger partial charge in [-0.25, -0.2) is 0 Å². The number of ether oxygens (including phenoxy) is 1. The van der Waals surface area contributed by atoms with E-state index >= 15 is 0 Å². The zero-order chi connectivity index (χ0) is 14.5. The van der Waals surface area contributed by atoms with E-state index in [0.29, 0.717) is 5.56 Å². The molecule has 19 heavy (non-hydrogen) atoms. The molecule has 7 heteroatoms. The topological polar surface area (TPSA) is 58.6 Å². The predicted molar refractivity (Wildman–Crippen MR) is 61.7 cm³/mol. The zero-order valence-electron chi connectivity index (χ0n) is 10.3. The number of aliphatic hydroxyl groups is 1. The van der Waals surface area contributed by atoms with Gasteiger partial charge in [0.15, 0.2) is 6.61 Å². The Bertz CT molecular complexity index is 446. The third kappa shape index (κ3) is 5.60. The van der Waals surface area contributed by atoms with Gasteiger partial charge in [-0.3, -0.25) is 4.79 Å². The van der Waals surface area contributed by atoms with Crippen LogP contribution in [0, 0.1) is 6.92 Å². The van der Waals surface area contributed by atoms with Gasteiger partial charge in [-0.15, -0.1) is 0 Å². The van der Waals surface area contributed by atoms with Gasteiger partial charge < -0.3 is 15.2 Å². The predicted octanol–water partition coefficient (Wildman–Crippen LogP) is 1.54. The molecule has 1 amide bonds. The normalized spacial score (nSPS) is 11.2. The molecule has 0 aliphatic carbocycles. The lowest BCUT2D eigenvalue weighted by atomic mass is 10.1. The fourth-order valence-corrected chi connectivity index (χ4v) is 1.37. The maximum atomic E-state index is 11.9. The minimum absolute atomic E-state index is 0.273. The fourth-order valence-electron chi connectivity index (χ4n) is 1.37. The molecule has 2 N–H and O–H groups in total. The molecule has 1 rings (SSSR count). The van der Waals surface area contributed by atoms with Gasteiger partial charge in [0.25, 0.3) is 5.91 Å². The summed E-state index contributed by atoms with van der Waals surface area (Å²) in [6.45, 7) is -0.387. The molecule has 0 fully saturated rings. The van der Waals surface area contributed by atoms with Crippen LogP contribution in [0.15, 0.2) is 18.2 Å². The standard InChI is InChI=1S/C12H14F3NO3/c1-8-2-3-10(9(4-8)5-17)19-6-11(18)16-7-12(13,14)15/h2-4,17H,5-7H2,1H3,(H,16,18). The summed E-state index contributed by atoms with van der Waals surface area (Å²) in [7, 11) is 0. The van der Waals surface area contributed by atoms with E-state index < -0.39 is 25.2 Å². The Morgan fingerprint density at radius 1 is 1.42 bits per heavy atom. The molecule has 4 nitrogen and oxygen atoms in total.